The number of benzene rings is 2. The van der Waals surface area contributed by atoms with Crippen LogP contribution in [-0.4, -0.2) is 46.1 Å². The van der Waals surface area contributed by atoms with E-state index < -0.39 is 10.0 Å². The van der Waals surface area contributed by atoms with Crippen LogP contribution in [0.5, 0.6) is 0 Å². The first-order chi connectivity index (χ1) is 16.8. The molecule has 4 rings (SSSR count). The van der Waals surface area contributed by atoms with Crippen LogP contribution in [0.1, 0.15) is 37.7 Å². The second-order valence-electron chi connectivity index (χ2n) is 9.44. The molecule has 6 nitrogen and oxygen atoms in total. The summed E-state index contributed by atoms with van der Waals surface area (Å²) >= 11 is 5.85. The molecule has 0 bridgehead atoms. The summed E-state index contributed by atoms with van der Waals surface area (Å²) in [5, 5.41) is 4.88. The van der Waals surface area contributed by atoms with Crippen molar-refractivity contribution < 1.29 is 8.42 Å². The van der Waals surface area contributed by atoms with Crippen molar-refractivity contribution in [2.45, 2.75) is 42.4 Å². The van der Waals surface area contributed by atoms with Gasteiger partial charge in [0.2, 0.25) is 10.0 Å². The van der Waals surface area contributed by atoms with Crippen LogP contribution in [0.2, 0.25) is 0 Å². The number of sulfonamides is 1. The molecule has 0 amide bonds. The highest BCUT2D eigenvalue weighted by atomic mass is 32.2. The Morgan fingerprint density at radius 1 is 1.11 bits per heavy atom. The van der Waals surface area contributed by atoms with E-state index in [9.17, 15) is 8.42 Å². The minimum atomic E-state index is -3.69. The van der Waals surface area contributed by atoms with Crippen molar-refractivity contribution in [3.05, 3.63) is 66.5 Å². The average molecular weight is 511 g/mol. The van der Waals surface area contributed by atoms with Gasteiger partial charge in [0, 0.05) is 62.0 Å². The Kier molecular flexibility index (Phi) is 7.73. The lowest BCUT2D eigenvalue weighted by Gasteiger charge is -2.45. The van der Waals surface area contributed by atoms with Crippen LogP contribution in [0.15, 0.2) is 65.8 Å². The predicted molar refractivity (Wildman–Crippen MR) is 148 cm³/mol. The first-order valence-electron chi connectivity index (χ1n) is 12.1. The molecule has 2 atom stereocenters. The zero-order valence-electron chi connectivity index (χ0n) is 20.6. The zero-order valence-corrected chi connectivity index (χ0v) is 22.3. The number of nitrogens with one attached hydrogen (secondary N) is 2. The minimum absolute atomic E-state index is 0.218. The molecule has 1 aromatic heterocycles. The first-order valence-corrected chi connectivity index (χ1v) is 14.0. The number of hydrogen-bond acceptors (Lipinski definition) is 5. The number of hydrogen-bond donors (Lipinski definition) is 2. The summed E-state index contributed by atoms with van der Waals surface area (Å²) < 4.78 is 29.7. The number of fused-ring (bicyclic) bond motifs is 1. The van der Waals surface area contributed by atoms with Crippen LogP contribution in [-0.2, 0) is 15.4 Å². The fraction of sp³-hybridized carbons (Fsp3) is 0.407. The highest BCUT2D eigenvalue weighted by molar-refractivity contribution is 7.89. The number of likely N-dealkylation sites (N-methyl/N-ethyl adjacent to an activating group) is 1. The number of rotatable bonds is 8. The van der Waals surface area contributed by atoms with Crippen molar-refractivity contribution >= 4 is 43.7 Å². The van der Waals surface area contributed by atoms with E-state index in [1.165, 1.54) is 0 Å². The maximum absolute atomic E-state index is 13.4. The summed E-state index contributed by atoms with van der Waals surface area (Å²) in [5.41, 5.74) is 1.77. The smallest absolute Gasteiger partial charge is 0.241 e. The van der Waals surface area contributed by atoms with Gasteiger partial charge in [0.05, 0.1) is 9.88 Å². The van der Waals surface area contributed by atoms with E-state index in [4.69, 9.17) is 12.2 Å². The maximum atomic E-state index is 13.4. The molecule has 8 heteroatoms. The van der Waals surface area contributed by atoms with Gasteiger partial charge in [-0.3, -0.25) is 4.98 Å². The van der Waals surface area contributed by atoms with Crippen molar-refractivity contribution in [1.29, 1.82) is 0 Å². The molecule has 1 fully saturated rings. The van der Waals surface area contributed by atoms with Gasteiger partial charge < -0.3 is 10.2 Å². The van der Waals surface area contributed by atoms with Crippen molar-refractivity contribution in [1.82, 2.24) is 15.0 Å². The molecule has 2 unspecified atom stereocenters. The molecular weight excluding hydrogens is 476 g/mol. The molecule has 0 aliphatic heterocycles. The van der Waals surface area contributed by atoms with E-state index in [1.807, 2.05) is 68.6 Å². The van der Waals surface area contributed by atoms with E-state index in [-0.39, 0.29) is 11.3 Å². The molecule has 2 aromatic carbocycles. The van der Waals surface area contributed by atoms with Gasteiger partial charge in [-0.15, -0.1) is 0 Å². The fourth-order valence-corrected chi connectivity index (χ4v) is 7.28. The zero-order chi connectivity index (χ0) is 25.1. The maximum Gasteiger partial charge on any atom is 0.241 e. The lowest BCUT2D eigenvalue weighted by atomic mass is 9.61. The minimum Gasteiger partial charge on any atom is -0.382 e. The molecule has 0 spiro atoms. The van der Waals surface area contributed by atoms with Crippen molar-refractivity contribution in [2.24, 2.45) is 5.92 Å². The Balaban J connectivity index is 1.59. The van der Waals surface area contributed by atoms with E-state index in [0.717, 1.165) is 52.7 Å². The van der Waals surface area contributed by atoms with Crippen LogP contribution >= 0.6 is 12.2 Å². The Bertz CT molecular complexity index is 1300. The standard InChI is InChI=1S/C27H34N4O2S2/c1-28-26(34)27(21-10-8-17-29-19-21)16-5-4-9-20(27)15-18-30-35(32,33)25-14-7-11-22-23(25)12-6-13-24(22)31(2)3/h6-8,10-14,17,19-20,30H,4-5,9,15-16,18H2,1-3H3,(H,28,34). The molecule has 3 aromatic rings. The molecule has 35 heavy (non-hydrogen) atoms. The van der Waals surface area contributed by atoms with Crippen molar-refractivity contribution in [3.8, 4) is 0 Å². The molecule has 1 saturated carbocycles. The van der Waals surface area contributed by atoms with Crippen LogP contribution in [0.4, 0.5) is 5.69 Å². The van der Waals surface area contributed by atoms with Crippen molar-refractivity contribution in [3.63, 3.8) is 0 Å². The second kappa shape index (κ2) is 10.6. The molecule has 186 valence electrons. The first kappa shape index (κ1) is 25.5. The largest absolute Gasteiger partial charge is 0.382 e. The topological polar surface area (TPSA) is 74.3 Å². The molecular formula is C27H34N4O2S2. The van der Waals surface area contributed by atoms with E-state index in [2.05, 4.69) is 21.1 Å². The number of nitrogens with zero attached hydrogens (tertiary/aromatic N) is 2. The van der Waals surface area contributed by atoms with Gasteiger partial charge >= 0.3 is 0 Å². The highest BCUT2D eigenvalue weighted by Gasteiger charge is 2.45. The Labute approximate surface area is 214 Å². The van der Waals surface area contributed by atoms with Gasteiger partial charge in [0.25, 0.3) is 0 Å². The summed E-state index contributed by atoms with van der Waals surface area (Å²) in [4.78, 5) is 7.48. The van der Waals surface area contributed by atoms with Gasteiger partial charge in [-0.2, -0.15) is 0 Å². The lowest BCUT2D eigenvalue weighted by molar-refractivity contribution is 0.239. The van der Waals surface area contributed by atoms with Crippen LogP contribution < -0.4 is 14.9 Å². The third kappa shape index (κ3) is 4.92. The van der Waals surface area contributed by atoms with Crippen LogP contribution in [0, 0.1) is 5.92 Å². The van der Waals surface area contributed by atoms with Gasteiger partial charge in [0.1, 0.15) is 0 Å². The van der Waals surface area contributed by atoms with Crippen molar-refractivity contribution in [2.75, 3.05) is 32.6 Å². The van der Waals surface area contributed by atoms with Gasteiger partial charge in [-0.25, -0.2) is 13.1 Å². The number of aromatic nitrogens is 1. The fourth-order valence-electron chi connectivity index (χ4n) is 5.63. The number of thiocarbonyl (C=S) groups is 1. The quantitative estimate of drug-likeness (QED) is 0.430. The normalized spacial score (nSPS) is 20.5. The summed E-state index contributed by atoms with van der Waals surface area (Å²) in [5.74, 6) is 0.218. The lowest BCUT2D eigenvalue weighted by Crippen LogP contribution is -2.50. The van der Waals surface area contributed by atoms with E-state index >= 15 is 0 Å². The molecule has 0 radical (unpaired) electrons. The Hall–Kier alpha value is -2.55. The molecule has 2 N–H and O–H groups in total. The summed E-state index contributed by atoms with van der Waals surface area (Å²) in [7, 11) is 2.11. The number of pyridine rings is 1. The molecule has 0 saturated heterocycles. The number of anilines is 1. The Morgan fingerprint density at radius 3 is 2.60 bits per heavy atom. The van der Waals surface area contributed by atoms with Crippen LogP contribution in [0.25, 0.3) is 10.8 Å². The molecule has 1 heterocycles. The van der Waals surface area contributed by atoms with Crippen LogP contribution in [0.3, 0.4) is 0 Å². The predicted octanol–water partition coefficient (Wildman–Crippen LogP) is 4.64. The van der Waals surface area contributed by atoms with E-state index in [0.29, 0.717) is 17.9 Å². The Morgan fingerprint density at radius 2 is 1.89 bits per heavy atom. The monoisotopic (exact) mass is 510 g/mol. The third-order valence-corrected chi connectivity index (χ3v) is 9.38. The van der Waals surface area contributed by atoms with Gasteiger partial charge in [-0.1, -0.05) is 55.4 Å². The highest BCUT2D eigenvalue weighted by Crippen LogP contribution is 2.46. The average Bonchev–Trinajstić information content (AvgIpc) is 2.88. The van der Waals surface area contributed by atoms with E-state index in [1.54, 1.807) is 12.3 Å². The van der Waals surface area contributed by atoms with Gasteiger partial charge in [-0.05, 0) is 48.9 Å². The third-order valence-electron chi connectivity index (χ3n) is 7.29. The SMILES string of the molecule is CNC(=S)C1(c2cccnc2)CCCCC1CCNS(=O)(=O)c1cccc2c(N(C)C)cccc12. The summed E-state index contributed by atoms with van der Waals surface area (Å²) in [6, 6.07) is 15.3. The molecule has 1 aliphatic carbocycles. The second-order valence-corrected chi connectivity index (χ2v) is 11.6. The van der Waals surface area contributed by atoms with Gasteiger partial charge in [0.15, 0.2) is 0 Å². The summed E-state index contributed by atoms with van der Waals surface area (Å²) in [6.07, 6.45) is 8.52. The summed E-state index contributed by atoms with van der Waals surface area (Å²) in [6.45, 7) is 0.352. The molecule has 1 aliphatic rings.